The monoisotopic (exact) mass is 246 g/mol. The molecule has 0 bridgehead atoms. The second kappa shape index (κ2) is 4.06. The Kier molecular flexibility index (Phi) is 2.24. The molecule has 0 spiro atoms. The normalized spacial score (nSPS) is 12.9. The summed E-state index contributed by atoms with van der Waals surface area (Å²) in [5.41, 5.74) is 1.03. The van der Waals surface area contributed by atoms with Crippen molar-refractivity contribution in [3.63, 3.8) is 0 Å². The van der Waals surface area contributed by atoms with E-state index in [0.717, 1.165) is 22.3 Å². The van der Waals surface area contributed by atoms with Gasteiger partial charge < -0.3 is 9.31 Å². The fraction of sp³-hybridized carbons (Fsp3) is 0. The number of fused-ring (bicyclic) bond motifs is 3. The van der Waals surface area contributed by atoms with Crippen molar-refractivity contribution in [1.29, 1.82) is 0 Å². The highest BCUT2D eigenvalue weighted by Gasteiger charge is 2.34. The fourth-order valence-electron chi connectivity index (χ4n) is 2.43. The maximum atomic E-state index is 5.98. The van der Waals surface area contributed by atoms with Crippen LogP contribution in [-0.2, 0) is 0 Å². The van der Waals surface area contributed by atoms with Gasteiger partial charge in [-0.05, 0) is 11.5 Å². The summed E-state index contributed by atoms with van der Waals surface area (Å²) < 4.78 is 11.9. The Balaban J connectivity index is 1.80. The molecular weight excluding hydrogens is 235 g/mol. The predicted octanol–water partition coefficient (Wildman–Crippen LogP) is 3.01. The molecular formula is C16H11BO2. The highest BCUT2D eigenvalue weighted by atomic mass is 16.6. The molecule has 0 aliphatic carbocycles. The summed E-state index contributed by atoms with van der Waals surface area (Å²) in [4.78, 5) is 0. The third-order valence-electron chi connectivity index (χ3n) is 3.37. The molecule has 0 radical (unpaired) electrons. The van der Waals surface area contributed by atoms with E-state index in [0.29, 0.717) is 0 Å². The van der Waals surface area contributed by atoms with Crippen molar-refractivity contribution >= 4 is 23.4 Å². The Bertz CT molecular complexity index is 740. The van der Waals surface area contributed by atoms with Crippen LogP contribution < -0.4 is 14.8 Å². The van der Waals surface area contributed by atoms with E-state index < -0.39 is 0 Å². The number of rotatable bonds is 1. The van der Waals surface area contributed by atoms with Crippen LogP contribution in [0.3, 0.4) is 0 Å². The fourth-order valence-corrected chi connectivity index (χ4v) is 2.43. The molecule has 0 unspecified atom stereocenters. The van der Waals surface area contributed by atoms with Gasteiger partial charge in [0.1, 0.15) is 5.75 Å². The zero-order valence-electron chi connectivity index (χ0n) is 10.2. The lowest BCUT2D eigenvalue weighted by molar-refractivity contribution is 0.520. The topological polar surface area (TPSA) is 18.5 Å². The third-order valence-corrected chi connectivity index (χ3v) is 3.37. The van der Waals surface area contributed by atoms with Gasteiger partial charge in [0.2, 0.25) is 0 Å². The van der Waals surface area contributed by atoms with E-state index in [1.54, 1.807) is 0 Å². The first kappa shape index (κ1) is 10.5. The van der Waals surface area contributed by atoms with Crippen LogP contribution in [0, 0.1) is 0 Å². The van der Waals surface area contributed by atoms with Crippen molar-refractivity contribution in [2.24, 2.45) is 0 Å². The molecule has 1 aliphatic heterocycles. The van der Waals surface area contributed by atoms with Crippen molar-refractivity contribution in [2.45, 2.75) is 0 Å². The lowest BCUT2D eigenvalue weighted by atomic mass is 9.79. The molecule has 3 aromatic rings. The smallest absolute Gasteiger partial charge is 0.519 e. The van der Waals surface area contributed by atoms with Crippen molar-refractivity contribution in [1.82, 2.24) is 0 Å². The largest absolute Gasteiger partial charge is 0.632 e. The second-order valence-electron chi connectivity index (χ2n) is 4.59. The van der Waals surface area contributed by atoms with Crippen molar-refractivity contribution in [3.8, 4) is 11.5 Å². The lowest BCUT2D eigenvalue weighted by Gasteiger charge is -2.04. The molecule has 0 aromatic heterocycles. The number of hydrogen-bond donors (Lipinski definition) is 0. The Labute approximate surface area is 111 Å². The van der Waals surface area contributed by atoms with Gasteiger partial charge >= 0.3 is 7.12 Å². The molecule has 1 heterocycles. The molecule has 90 valence electrons. The molecule has 0 fully saturated rings. The second-order valence-corrected chi connectivity index (χ2v) is 4.59. The Morgan fingerprint density at radius 1 is 0.684 bits per heavy atom. The van der Waals surface area contributed by atoms with Gasteiger partial charge in [-0.3, -0.25) is 0 Å². The maximum absolute atomic E-state index is 5.98. The summed E-state index contributed by atoms with van der Waals surface area (Å²) in [5.74, 6) is 1.65. The molecule has 1 aliphatic rings. The third kappa shape index (κ3) is 1.66. The average Bonchev–Trinajstić information content (AvgIpc) is 2.93. The molecule has 0 amide bonds. The zero-order chi connectivity index (χ0) is 12.7. The van der Waals surface area contributed by atoms with E-state index in [4.69, 9.17) is 9.31 Å². The van der Waals surface area contributed by atoms with Crippen LogP contribution in [0.1, 0.15) is 0 Å². The zero-order valence-corrected chi connectivity index (χ0v) is 10.2. The summed E-state index contributed by atoms with van der Waals surface area (Å²) in [5, 5.41) is 2.26. The quantitative estimate of drug-likeness (QED) is 0.614. The summed E-state index contributed by atoms with van der Waals surface area (Å²) in [7, 11) is -0.345. The maximum Gasteiger partial charge on any atom is 0.632 e. The highest BCUT2D eigenvalue weighted by molar-refractivity contribution is 6.63. The van der Waals surface area contributed by atoms with E-state index in [2.05, 4.69) is 18.2 Å². The van der Waals surface area contributed by atoms with Gasteiger partial charge in [0.25, 0.3) is 0 Å². The van der Waals surface area contributed by atoms with E-state index in [-0.39, 0.29) is 7.12 Å². The van der Waals surface area contributed by atoms with Crippen LogP contribution in [0.15, 0.2) is 66.7 Å². The van der Waals surface area contributed by atoms with E-state index in [1.807, 2.05) is 48.5 Å². The summed E-state index contributed by atoms with van der Waals surface area (Å²) >= 11 is 0. The summed E-state index contributed by atoms with van der Waals surface area (Å²) in [6, 6.07) is 22.2. The molecule has 3 heteroatoms. The van der Waals surface area contributed by atoms with Gasteiger partial charge in [-0.1, -0.05) is 60.7 Å². The molecule has 3 aromatic carbocycles. The Hall–Kier alpha value is -2.42. The Morgan fingerprint density at radius 2 is 1.47 bits per heavy atom. The summed E-state index contributed by atoms with van der Waals surface area (Å²) in [6.45, 7) is 0. The molecule has 0 atom stereocenters. The van der Waals surface area contributed by atoms with Gasteiger partial charge in [0.05, 0.1) is 0 Å². The first-order valence-corrected chi connectivity index (χ1v) is 6.32. The van der Waals surface area contributed by atoms with Gasteiger partial charge in [-0.15, -0.1) is 0 Å². The van der Waals surface area contributed by atoms with E-state index in [9.17, 15) is 0 Å². The van der Waals surface area contributed by atoms with E-state index >= 15 is 0 Å². The van der Waals surface area contributed by atoms with Crippen molar-refractivity contribution in [2.75, 3.05) is 0 Å². The first-order chi connectivity index (χ1) is 9.42. The van der Waals surface area contributed by atoms with Gasteiger partial charge in [-0.2, -0.15) is 0 Å². The molecule has 0 saturated heterocycles. The van der Waals surface area contributed by atoms with Crippen molar-refractivity contribution in [3.05, 3.63) is 66.7 Å². The number of benzene rings is 3. The minimum atomic E-state index is -0.345. The molecule has 0 saturated carbocycles. The lowest BCUT2D eigenvalue weighted by Crippen LogP contribution is -2.38. The van der Waals surface area contributed by atoms with Crippen LogP contribution in [0.4, 0.5) is 0 Å². The minimum Gasteiger partial charge on any atom is -0.519 e. The number of hydrogen-bond acceptors (Lipinski definition) is 2. The Morgan fingerprint density at radius 3 is 2.37 bits per heavy atom. The molecule has 2 nitrogen and oxygen atoms in total. The van der Waals surface area contributed by atoms with Crippen LogP contribution in [-0.4, -0.2) is 7.12 Å². The highest BCUT2D eigenvalue weighted by Crippen LogP contribution is 2.39. The first-order valence-electron chi connectivity index (χ1n) is 6.32. The minimum absolute atomic E-state index is 0.345. The van der Waals surface area contributed by atoms with Crippen LogP contribution in [0.5, 0.6) is 11.5 Å². The van der Waals surface area contributed by atoms with Crippen LogP contribution >= 0.6 is 0 Å². The van der Waals surface area contributed by atoms with Gasteiger partial charge in [-0.25, -0.2) is 0 Å². The van der Waals surface area contributed by atoms with Gasteiger partial charge in [0, 0.05) is 10.8 Å². The van der Waals surface area contributed by atoms with E-state index in [1.165, 1.54) is 5.39 Å². The standard InChI is InChI=1S/C16H11BO2/c1-2-7-13(8-3-1)17-18-15-11-10-12-6-4-5-9-14(12)16(15)19-17/h1-11H. The molecule has 0 N–H and O–H groups in total. The van der Waals surface area contributed by atoms with Crippen molar-refractivity contribution < 1.29 is 9.31 Å². The van der Waals surface area contributed by atoms with Crippen LogP contribution in [0.2, 0.25) is 0 Å². The predicted molar refractivity (Wildman–Crippen MR) is 77.0 cm³/mol. The summed E-state index contributed by atoms with van der Waals surface area (Å²) in [6.07, 6.45) is 0. The average molecular weight is 246 g/mol. The van der Waals surface area contributed by atoms with Gasteiger partial charge in [0.15, 0.2) is 5.75 Å². The molecule has 19 heavy (non-hydrogen) atoms. The molecule has 4 rings (SSSR count). The van der Waals surface area contributed by atoms with Crippen LogP contribution in [0.25, 0.3) is 10.8 Å². The SMILES string of the molecule is c1ccc(B2Oc3ccc4ccccc4c3O2)cc1.